The van der Waals surface area contributed by atoms with Gasteiger partial charge in [0.1, 0.15) is 0 Å². The number of likely N-dealkylation sites (tertiary alicyclic amines) is 1. The second-order valence-electron chi connectivity index (χ2n) is 7.18. The van der Waals surface area contributed by atoms with Crippen molar-refractivity contribution >= 4 is 5.91 Å². The van der Waals surface area contributed by atoms with E-state index >= 15 is 0 Å². The summed E-state index contributed by atoms with van der Waals surface area (Å²) in [5, 5.41) is 4.47. The summed E-state index contributed by atoms with van der Waals surface area (Å²) in [5.41, 5.74) is 0.916. The number of hydrogen-bond acceptors (Lipinski definition) is 3. The molecule has 1 amide bonds. The molecule has 1 atom stereocenters. The van der Waals surface area contributed by atoms with Crippen molar-refractivity contribution in [1.82, 2.24) is 19.2 Å². The Balaban J connectivity index is 1.92. The van der Waals surface area contributed by atoms with Crippen LogP contribution in [0.2, 0.25) is 0 Å². The first-order chi connectivity index (χ1) is 12.0. The van der Waals surface area contributed by atoms with Crippen LogP contribution in [-0.4, -0.2) is 31.7 Å². The van der Waals surface area contributed by atoms with Crippen molar-refractivity contribution in [1.29, 1.82) is 0 Å². The molecule has 0 radical (unpaired) electrons. The first-order valence-electron chi connectivity index (χ1n) is 8.94. The number of carbonyl (C=O) groups excluding carboxylic acids is 1. The van der Waals surface area contributed by atoms with Crippen LogP contribution in [0.15, 0.2) is 35.1 Å². The zero-order chi connectivity index (χ0) is 18.0. The molecule has 1 unspecified atom stereocenters. The lowest BCUT2D eigenvalue weighted by Gasteiger charge is -2.25. The molecule has 6 heteroatoms. The second-order valence-corrected chi connectivity index (χ2v) is 7.18. The van der Waals surface area contributed by atoms with Gasteiger partial charge in [0.2, 0.25) is 5.91 Å². The third-order valence-corrected chi connectivity index (χ3v) is 4.67. The van der Waals surface area contributed by atoms with Crippen molar-refractivity contribution in [2.45, 2.75) is 45.7 Å². The number of rotatable bonds is 5. The maximum atomic E-state index is 12.6. The number of aromatic nitrogens is 3. The predicted molar refractivity (Wildman–Crippen MR) is 96.2 cm³/mol. The average Bonchev–Trinajstić information content (AvgIpc) is 3.16. The topological polar surface area (TPSA) is 60.1 Å². The standard InChI is InChI=1S/C19H26N4O2/c1-14(2)12-17(24)22-11-7-10-16(22)18-20-21(3)19(25)23(18)13-15-8-5-4-6-9-15/h4-6,8-9,14,16H,7,10-13H2,1-3H3. The molecule has 25 heavy (non-hydrogen) atoms. The number of amides is 1. The minimum absolute atomic E-state index is 0.108. The van der Waals surface area contributed by atoms with Crippen LogP contribution in [0.25, 0.3) is 0 Å². The lowest BCUT2D eigenvalue weighted by Crippen LogP contribution is -2.33. The van der Waals surface area contributed by atoms with E-state index < -0.39 is 0 Å². The molecule has 1 aliphatic heterocycles. The van der Waals surface area contributed by atoms with Gasteiger partial charge in [0.05, 0.1) is 12.6 Å². The molecule has 0 spiro atoms. The van der Waals surface area contributed by atoms with Gasteiger partial charge >= 0.3 is 5.69 Å². The summed E-state index contributed by atoms with van der Waals surface area (Å²) in [4.78, 5) is 27.1. The van der Waals surface area contributed by atoms with Crippen LogP contribution < -0.4 is 5.69 Å². The van der Waals surface area contributed by atoms with Crippen molar-refractivity contribution in [2.75, 3.05) is 6.54 Å². The van der Waals surface area contributed by atoms with Crippen LogP contribution in [-0.2, 0) is 18.4 Å². The number of nitrogens with zero attached hydrogens (tertiary/aromatic N) is 4. The van der Waals surface area contributed by atoms with E-state index in [1.54, 1.807) is 11.6 Å². The van der Waals surface area contributed by atoms with E-state index in [2.05, 4.69) is 18.9 Å². The summed E-state index contributed by atoms with van der Waals surface area (Å²) < 4.78 is 3.09. The van der Waals surface area contributed by atoms with Crippen LogP contribution in [0.1, 0.15) is 50.5 Å². The van der Waals surface area contributed by atoms with E-state index in [-0.39, 0.29) is 17.6 Å². The minimum atomic E-state index is -0.137. The Morgan fingerprint density at radius 3 is 2.68 bits per heavy atom. The van der Waals surface area contributed by atoms with E-state index in [1.807, 2.05) is 35.2 Å². The number of benzene rings is 1. The molecule has 6 nitrogen and oxygen atoms in total. The number of hydrogen-bond donors (Lipinski definition) is 0. The number of aryl methyl sites for hydroxylation is 1. The zero-order valence-corrected chi connectivity index (χ0v) is 15.2. The molecule has 1 saturated heterocycles. The van der Waals surface area contributed by atoms with Gasteiger partial charge in [-0.05, 0) is 24.3 Å². The maximum absolute atomic E-state index is 12.6. The van der Waals surface area contributed by atoms with Crippen LogP contribution >= 0.6 is 0 Å². The highest BCUT2D eigenvalue weighted by atomic mass is 16.2. The van der Waals surface area contributed by atoms with E-state index in [0.29, 0.717) is 24.7 Å². The van der Waals surface area contributed by atoms with Crippen LogP contribution in [0.4, 0.5) is 0 Å². The van der Waals surface area contributed by atoms with Gasteiger partial charge < -0.3 is 4.90 Å². The van der Waals surface area contributed by atoms with Crippen molar-refractivity contribution in [3.8, 4) is 0 Å². The molecule has 0 bridgehead atoms. The van der Waals surface area contributed by atoms with E-state index in [4.69, 9.17) is 0 Å². The monoisotopic (exact) mass is 342 g/mol. The van der Waals surface area contributed by atoms with Crippen LogP contribution in [0.5, 0.6) is 0 Å². The third kappa shape index (κ3) is 3.67. The summed E-state index contributed by atoms with van der Waals surface area (Å²) in [6.07, 6.45) is 2.34. The predicted octanol–water partition coefficient (Wildman–Crippen LogP) is 2.34. The van der Waals surface area contributed by atoms with Crippen molar-refractivity contribution in [3.05, 3.63) is 52.2 Å². The summed E-state index contributed by atoms with van der Waals surface area (Å²) in [7, 11) is 1.67. The normalized spacial score (nSPS) is 17.4. The van der Waals surface area contributed by atoms with Crippen LogP contribution in [0, 0.1) is 5.92 Å². The first kappa shape index (κ1) is 17.5. The Morgan fingerprint density at radius 2 is 2.00 bits per heavy atom. The molecule has 0 aliphatic carbocycles. The lowest BCUT2D eigenvalue weighted by atomic mass is 10.1. The minimum Gasteiger partial charge on any atom is -0.332 e. The van der Waals surface area contributed by atoms with Crippen molar-refractivity contribution in [2.24, 2.45) is 13.0 Å². The molecule has 2 heterocycles. The summed E-state index contributed by atoms with van der Waals surface area (Å²) in [5.74, 6) is 1.18. The Hall–Kier alpha value is -2.37. The van der Waals surface area contributed by atoms with Crippen LogP contribution in [0.3, 0.4) is 0 Å². The first-order valence-corrected chi connectivity index (χ1v) is 8.94. The largest absolute Gasteiger partial charge is 0.346 e. The molecular formula is C19H26N4O2. The molecule has 1 aromatic carbocycles. The Labute approximate surface area is 148 Å². The highest BCUT2D eigenvalue weighted by molar-refractivity contribution is 5.77. The Bertz CT molecular complexity index is 792. The van der Waals surface area contributed by atoms with Crippen molar-refractivity contribution in [3.63, 3.8) is 0 Å². The fourth-order valence-electron chi connectivity index (χ4n) is 3.48. The van der Waals surface area contributed by atoms with Gasteiger partial charge in [0.25, 0.3) is 0 Å². The summed E-state index contributed by atoms with van der Waals surface area (Å²) >= 11 is 0. The molecule has 2 aromatic rings. The van der Waals surface area contributed by atoms with Gasteiger partial charge in [-0.2, -0.15) is 5.10 Å². The molecule has 3 rings (SSSR count). The highest BCUT2D eigenvalue weighted by Crippen LogP contribution is 2.31. The second kappa shape index (κ2) is 7.25. The zero-order valence-electron chi connectivity index (χ0n) is 15.2. The molecular weight excluding hydrogens is 316 g/mol. The van der Waals surface area contributed by atoms with Gasteiger partial charge in [-0.1, -0.05) is 44.2 Å². The molecule has 1 aromatic heterocycles. The fourth-order valence-corrected chi connectivity index (χ4v) is 3.48. The molecule has 134 valence electrons. The Morgan fingerprint density at radius 1 is 1.28 bits per heavy atom. The van der Waals surface area contributed by atoms with Gasteiger partial charge in [-0.25, -0.2) is 9.48 Å². The van der Waals surface area contributed by atoms with Gasteiger partial charge in [-0.15, -0.1) is 0 Å². The molecule has 0 N–H and O–H groups in total. The molecule has 1 aliphatic rings. The lowest BCUT2D eigenvalue weighted by molar-refractivity contribution is -0.133. The van der Waals surface area contributed by atoms with Crippen molar-refractivity contribution < 1.29 is 4.79 Å². The summed E-state index contributed by atoms with van der Waals surface area (Å²) in [6, 6.07) is 9.78. The smallest absolute Gasteiger partial charge is 0.332 e. The van der Waals surface area contributed by atoms with E-state index in [9.17, 15) is 9.59 Å². The highest BCUT2D eigenvalue weighted by Gasteiger charge is 2.34. The SMILES string of the molecule is CC(C)CC(=O)N1CCCC1c1nn(C)c(=O)n1Cc1ccccc1. The third-order valence-electron chi connectivity index (χ3n) is 4.67. The maximum Gasteiger partial charge on any atom is 0.346 e. The van der Waals surface area contributed by atoms with E-state index in [0.717, 1.165) is 24.9 Å². The fraction of sp³-hybridized carbons (Fsp3) is 0.526. The number of carbonyl (C=O) groups is 1. The average molecular weight is 342 g/mol. The molecule has 1 fully saturated rings. The van der Waals surface area contributed by atoms with Gasteiger partial charge in [0.15, 0.2) is 5.82 Å². The molecule has 0 saturated carbocycles. The Kier molecular flexibility index (Phi) is 5.06. The quantitative estimate of drug-likeness (QED) is 0.838. The van der Waals surface area contributed by atoms with Gasteiger partial charge in [-0.3, -0.25) is 9.36 Å². The summed E-state index contributed by atoms with van der Waals surface area (Å²) in [6.45, 7) is 5.32. The van der Waals surface area contributed by atoms with Gasteiger partial charge in [0, 0.05) is 20.0 Å². The van der Waals surface area contributed by atoms with E-state index in [1.165, 1.54) is 4.68 Å².